The predicted molar refractivity (Wildman–Crippen MR) is 146 cm³/mol. The summed E-state index contributed by atoms with van der Waals surface area (Å²) in [4.78, 5) is 37.5. The summed E-state index contributed by atoms with van der Waals surface area (Å²) in [5, 5.41) is 9.23. The molecule has 9 heteroatoms. The molecule has 0 bridgehead atoms. The van der Waals surface area contributed by atoms with E-state index in [2.05, 4.69) is 44.6 Å². The molecule has 2 aromatic heterocycles. The number of ether oxygens (including phenoxy) is 1. The maximum Gasteiger partial charge on any atom is 0.256 e. The second kappa shape index (κ2) is 12.0. The van der Waals surface area contributed by atoms with Crippen LogP contribution < -0.4 is 16.0 Å². The maximum atomic E-state index is 12.8. The summed E-state index contributed by atoms with van der Waals surface area (Å²) < 4.78 is 5.30. The molecule has 0 unspecified atom stereocenters. The summed E-state index contributed by atoms with van der Waals surface area (Å²) in [7, 11) is 0. The molecule has 3 N–H and O–H groups in total. The first-order valence-corrected chi connectivity index (χ1v) is 13.0. The number of nitrogens with zero attached hydrogens (tertiary/aromatic N) is 3. The van der Waals surface area contributed by atoms with Crippen LogP contribution in [-0.4, -0.2) is 46.9 Å². The van der Waals surface area contributed by atoms with Crippen LogP contribution >= 0.6 is 0 Å². The van der Waals surface area contributed by atoms with E-state index in [1.807, 2.05) is 30.3 Å². The quantitative estimate of drug-likeness (QED) is 0.260. The number of aldehydes is 1. The van der Waals surface area contributed by atoms with Crippen molar-refractivity contribution in [1.82, 2.24) is 20.3 Å². The molecule has 0 atom stereocenters. The monoisotopic (exact) mass is 512 g/mol. The van der Waals surface area contributed by atoms with Gasteiger partial charge in [0.1, 0.15) is 23.5 Å². The molecule has 2 fully saturated rings. The van der Waals surface area contributed by atoms with Crippen LogP contribution in [0.3, 0.4) is 0 Å². The number of pyridine rings is 1. The van der Waals surface area contributed by atoms with Gasteiger partial charge < -0.3 is 25.5 Å². The van der Waals surface area contributed by atoms with E-state index >= 15 is 0 Å². The van der Waals surface area contributed by atoms with Gasteiger partial charge in [-0.2, -0.15) is 4.98 Å². The summed E-state index contributed by atoms with van der Waals surface area (Å²) in [6.07, 6.45) is 8.19. The molecule has 3 aromatic rings. The van der Waals surface area contributed by atoms with Crippen molar-refractivity contribution in [1.29, 1.82) is 0 Å². The first-order chi connectivity index (χ1) is 18.6. The lowest BCUT2D eigenvalue weighted by Crippen LogP contribution is -2.26. The van der Waals surface area contributed by atoms with Gasteiger partial charge in [-0.25, -0.2) is 9.97 Å². The number of hydrogen-bond acceptors (Lipinski definition) is 8. The van der Waals surface area contributed by atoms with E-state index in [0.717, 1.165) is 43.4 Å². The smallest absolute Gasteiger partial charge is 0.256 e. The Morgan fingerprint density at radius 2 is 1.79 bits per heavy atom. The van der Waals surface area contributed by atoms with Crippen LogP contribution in [0.4, 0.5) is 23.3 Å². The molecule has 196 valence electrons. The number of benzene rings is 1. The zero-order valence-corrected chi connectivity index (χ0v) is 21.2. The Morgan fingerprint density at radius 1 is 1.00 bits per heavy atom. The number of hydrogen-bond donors (Lipinski definition) is 3. The Bertz CT molecular complexity index is 1280. The first kappa shape index (κ1) is 25.5. The lowest BCUT2D eigenvalue weighted by Gasteiger charge is -2.25. The summed E-state index contributed by atoms with van der Waals surface area (Å²) >= 11 is 0. The number of carbonyl (C=O) groups is 2. The van der Waals surface area contributed by atoms with Gasteiger partial charge in [0, 0.05) is 30.3 Å². The Morgan fingerprint density at radius 3 is 2.47 bits per heavy atom. The van der Waals surface area contributed by atoms with E-state index in [4.69, 9.17) is 9.72 Å². The van der Waals surface area contributed by atoms with Crippen LogP contribution in [0.15, 0.2) is 61.3 Å². The molecular weight excluding hydrogens is 480 g/mol. The van der Waals surface area contributed by atoms with Crippen LogP contribution in [0.2, 0.25) is 0 Å². The Balaban J connectivity index is 1.33. The van der Waals surface area contributed by atoms with Gasteiger partial charge in [0.25, 0.3) is 5.91 Å². The summed E-state index contributed by atoms with van der Waals surface area (Å²) in [5.41, 5.74) is 3.36. The SMILES string of the molecule is C=CCNC(=O)c1cnc(Nc2ccc(C3CCC(C=O)CC3)cc2)nc1Nc1cccc(C2COC2)n1. The van der Waals surface area contributed by atoms with Crippen LogP contribution in [0.5, 0.6) is 0 Å². The molecule has 0 spiro atoms. The Hall–Kier alpha value is -4.11. The van der Waals surface area contributed by atoms with E-state index in [-0.39, 0.29) is 17.7 Å². The van der Waals surface area contributed by atoms with Crippen molar-refractivity contribution >= 4 is 35.5 Å². The normalized spacial score (nSPS) is 19.2. The van der Waals surface area contributed by atoms with Gasteiger partial charge in [0.2, 0.25) is 5.95 Å². The summed E-state index contributed by atoms with van der Waals surface area (Å²) in [5.74, 6) is 1.95. The third kappa shape index (κ3) is 6.06. The highest BCUT2D eigenvalue weighted by atomic mass is 16.5. The molecule has 2 aliphatic rings. The average molecular weight is 513 g/mol. The molecule has 1 amide bonds. The van der Waals surface area contributed by atoms with Crippen LogP contribution in [-0.2, 0) is 9.53 Å². The molecule has 1 saturated heterocycles. The van der Waals surface area contributed by atoms with Gasteiger partial charge in [-0.05, 0) is 61.4 Å². The fraction of sp³-hybridized carbons (Fsp3) is 0.345. The molecule has 3 heterocycles. The van der Waals surface area contributed by atoms with Gasteiger partial charge >= 0.3 is 0 Å². The van der Waals surface area contributed by atoms with E-state index < -0.39 is 0 Å². The molecule has 5 rings (SSSR count). The summed E-state index contributed by atoms with van der Waals surface area (Å²) in [6.45, 7) is 5.30. The van der Waals surface area contributed by atoms with Gasteiger partial charge in [0.15, 0.2) is 0 Å². The van der Waals surface area contributed by atoms with Gasteiger partial charge in [-0.1, -0.05) is 24.3 Å². The van der Waals surface area contributed by atoms with Crippen molar-refractivity contribution < 1.29 is 14.3 Å². The topological polar surface area (TPSA) is 118 Å². The van der Waals surface area contributed by atoms with Crippen LogP contribution in [0, 0.1) is 5.92 Å². The van der Waals surface area contributed by atoms with Gasteiger partial charge in [-0.3, -0.25) is 4.79 Å². The zero-order valence-electron chi connectivity index (χ0n) is 21.2. The van der Waals surface area contributed by atoms with Crippen molar-refractivity contribution in [2.45, 2.75) is 37.5 Å². The van der Waals surface area contributed by atoms with Gasteiger partial charge in [0.05, 0.1) is 18.9 Å². The fourth-order valence-corrected chi connectivity index (χ4v) is 4.80. The average Bonchev–Trinajstić information content (AvgIpc) is 2.92. The minimum Gasteiger partial charge on any atom is -0.380 e. The van der Waals surface area contributed by atoms with Crippen LogP contribution in [0.1, 0.15) is 59.1 Å². The minimum atomic E-state index is -0.309. The molecular formula is C29H32N6O3. The number of aromatic nitrogens is 3. The number of rotatable bonds is 10. The lowest BCUT2D eigenvalue weighted by atomic mass is 9.79. The van der Waals surface area contributed by atoms with Crippen LogP contribution in [0.25, 0.3) is 0 Å². The second-order valence-electron chi connectivity index (χ2n) is 9.76. The largest absolute Gasteiger partial charge is 0.380 e. The van der Waals surface area contributed by atoms with Crippen molar-refractivity contribution in [2.75, 3.05) is 30.4 Å². The first-order valence-electron chi connectivity index (χ1n) is 13.0. The number of anilines is 4. The van der Waals surface area contributed by atoms with Crippen molar-refractivity contribution in [3.05, 3.63) is 78.1 Å². The molecule has 1 aromatic carbocycles. The summed E-state index contributed by atoms with van der Waals surface area (Å²) in [6, 6.07) is 14.0. The van der Waals surface area contributed by atoms with E-state index in [1.165, 1.54) is 11.8 Å². The third-order valence-corrected chi connectivity index (χ3v) is 7.12. The number of nitrogens with one attached hydrogen (secondary N) is 3. The van der Waals surface area contributed by atoms with E-state index in [1.54, 1.807) is 6.08 Å². The van der Waals surface area contributed by atoms with Gasteiger partial charge in [-0.15, -0.1) is 6.58 Å². The number of carbonyl (C=O) groups excluding carboxylic acids is 2. The van der Waals surface area contributed by atoms with E-state index in [0.29, 0.717) is 48.8 Å². The highest BCUT2D eigenvalue weighted by Crippen LogP contribution is 2.35. The zero-order chi connectivity index (χ0) is 26.3. The highest BCUT2D eigenvalue weighted by Gasteiger charge is 2.23. The second-order valence-corrected chi connectivity index (χ2v) is 9.76. The van der Waals surface area contributed by atoms with E-state index in [9.17, 15) is 9.59 Å². The van der Waals surface area contributed by atoms with Crippen molar-refractivity contribution in [2.24, 2.45) is 5.92 Å². The maximum absolute atomic E-state index is 12.8. The lowest BCUT2D eigenvalue weighted by molar-refractivity contribution is -0.111. The predicted octanol–water partition coefficient (Wildman–Crippen LogP) is 4.86. The minimum absolute atomic E-state index is 0.207. The molecule has 0 radical (unpaired) electrons. The standard InChI is InChI=1S/C29H32N6O3/c1-2-14-30-28(37)24-15-31-29(35-27(24)34-26-5-3-4-25(33-26)22-17-38-18-22)32-23-12-10-21(11-13-23)20-8-6-19(16-36)7-9-20/h2-5,10-13,15-16,19-20,22H,1,6-9,14,17-18H2,(H,30,37)(H2,31,32,33,34,35). The molecule has 9 nitrogen and oxygen atoms in total. The Kier molecular flexibility index (Phi) is 8.04. The highest BCUT2D eigenvalue weighted by molar-refractivity contribution is 5.99. The molecule has 1 saturated carbocycles. The van der Waals surface area contributed by atoms with Crippen molar-refractivity contribution in [3.63, 3.8) is 0 Å². The molecule has 1 aliphatic heterocycles. The third-order valence-electron chi connectivity index (χ3n) is 7.12. The number of amides is 1. The Labute approximate surface area is 222 Å². The molecule has 38 heavy (non-hydrogen) atoms. The fourth-order valence-electron chi connectivity index (χ4n) is 4.80. The molecule has 1 aliphatic carbocycles. The van der Waals surface area contributed by atoms with Crippen molar-refractivity contribution in [3.8, 4) is 0 Å².